The van der Waals surface area contributed by atoms with Crippen LogP contribution >= 0.6 is 0 Å². The predicted molar refractivity (Wildman–Crippen MR) is 125 cm³/mol. The average molecular weight is 540 g/mol. The third-order valence-corrected chi connectivity index (χ3v) is 6.27. The van der Waals surface area contributed by atoms with Gasteiger partial charge in [0.2, 0.25) is 5.91 Å². The summed E-state index contributed by atoms with van der Waals surface area (Å²) in [5.74, 6) is -0.345. The highest BCUT2D eigenvalue weighted by molar-refractivity contribution is 5.75. The summed E-state index contributed by atoms with van der Waals surface area (Å²) in [4.78, 5) is 11.9. The van der Waals surface area contributed by atoms with Crippen molar-refractivity contribution in [2.24, 2.45) is 0 Å². The van der Waals surface area contributed by atoms with E-state index in [1.807, 2.05) is 6.92 Å². The first-order chi connectivity index (χ1) is 17.6. The smallest absolute Gasteiger partial charge is 0.220 e. The Hall–Kier alpha value is -1.27. The summed E-state index contributed by atoms with van der Waals surface area (Å²) >= 11 is 0. The largest absolute Gasteiger partial charge is 0.394 e. The van der Waals surface area contributed by atoms with E-state index in [9.17, 15) is 45.6 Å². The molecule has 1 amide bonds. The van der Waals surface area contributed by atoms with Crippen LogP contribution < -0.4 is 5.32 Å². The van der Waals surface area contributed by atoms with Crippen LogP contribution in [0.2, 0.25) is 0 Å². The fourth-order valence-electron chi connectivity index (χ4n) is 3.96. The number of carbonyl (C=O) groups excluding carboxylic acids is 1. The summed E-state index contributed by atoms with van der Waals surface area (Å²) in [6, 6.07) is -0.899. The highest BCUT2D eigenvalue weighted by Crippen LogP contribution is 2.29. The van der Waals surface area contributed by atoms with Gasteiger partial charge in [0.25, 0.3) is 0 Å². The number of rotatable bonds is 13. The number of ether oxygens (including phenoxy) is 4. The van der Waals surface area contributed by atoms with E-state index in [0.29, 0.717) is 0 Å². The Morgan fingerprint density at radius 1 is 0.919 bits per heavy atom. The van der Waals surface area contributed by atoms with Crippen LogP contribution in [0.15, 0.2) is 12.2 Å². The third-order valence-electron chi connectivity index (χ3n) is 6.27. The minimum Gasteiger partial charge on any atom is -0.394 e. The van der Waals surface area contributed by atoms with E-state index in [4.69, 9.17) is 18.9 Å². The van der Waals surface area contributed by atoms with Crippen molar-refractivity contribution >= 4 is 5.91 Å². The van der Waals surface area contributed by atoms with Gasteiger partial charge in [-0.25, -0.2) is 0 Å². The third kappa shape index (κ3) is 8.36. The first kappa shape index (κ1) is 31.9. The molecule has 37 heavy (non-hydrogen) atoms. The molecular weight excluding hydrogens is 498 g/mol. The van der Waals surface area contributed by atoms with E-state index in [1.54, 1.807) is 13.0 Å². The lowest BCUT2D eigenvalue weighted by Crippen LogP contribution is -2.65. The molecule has 14 nitrogen and oxygen atoms in total. The zero-order valence-electron chi connectivity index (χ0n) is 20.9. The molecule has 12 atom stereocenters. The van der Waals surface area contributed by atoms with Crippen LogP contribution in [-0.2, 0) is 23.7 Å². The van der Waals surface area contributed by atoms with Crippen LogP contribution in [0.25, 0.3) is 0 Å². The van der Waals surface area contributed by atoms with Gasteiger partial charge in [-0.05, 0) is 6.42 Å². The molecule has 2 aliphatic heterocycles. The Balaban J connectivity index is 2.08. The van der Waals surface area contributed by atoms with Gasteiger partial charge in [0, 0.05) is 6.42 Å². The van der Waals surface area contributed by atoms with Crippen molar-refractivity contribution in [3.63, 3.8) is 0 Å². The van der Waals surface area contributed by atoms with Crippen LogP contribution in [0.1, 0.15) is 33.1 Å². The second-order valence-corrected chi connectivity index (χ2v) is 9.07. The molecule has 216 valence electrons. The maximum Gasteiger partial charge on any atom is 0.220 e. The summed E-state index contributed by atoms with van der Waals surface area (Å²) in [5, 5.41) is 83.6. The molecular formula is C23H41NO13. The van der Waals surface area contributed by atoms with Crippen molar-refractivity contribution < 1.29 is 64.6 Å². The molecule has 0 aliphatic carbocycles. The zero-order valence-corrected chi connectivity index (χ0v) is 20.9. The van der Waals surface area contributed by atoms with Crippen molar-refractivity contribution in [2.45, 2.75) is 107 Å². The molecule has 2 aliphatic rings. The molecule has 0 aromatic carbocycles. The van der Waals surface area contributed by atoms with E-state index >= 15 is 0 Å². The second kappa shape index (κ2) is 15.4. The SMILES string of the molecule is CCC/C=C/C(O)C(COC1OC(CO)C(OC2OC(CO)C(O)C(O)C2O)C(O)C1O)NC(=O)CC. The number of nitrogens with one attached hydrogen (secondary N) is 1. The van der Waals surface area contributed by atoms with Crippen molar-refractivity contribution in [1.29, 1.82) is 0 Å². The Morgan fingerprint density at radius 3 is 2.14 bits per heavy atom. The molecule has 12 unspecified atom stereocenters. The van der Waals surface area contributed by atoms with Crippen LogP contribution in [0, 0.1) is 0 Å². The van der Waals surface area contributed by atoms with Crippen LogP contribution in [0.3, 0.4) is 0 Å². The quantitative estimate of drug-likeness (QED) is 0.103. The van der Waals surface area contributed by atoms with Gasteiger partial charge in [0.05, 0.1) is 32.0 Å². The lowest BCUT2D eigenvalue weighted by Gasteiger charge is -2.46. The molecule has 0 saturated carbocycles. The monoisotopic (exact) mass is 539 g/mol. The van der Waals surface area contributed by atoms with Gasteiger partial charge < -0.3 is 65.1 Å². The number of aliphatic hydroxyl groups is 8. The van der Waals surface area contributed by atoms with Crippen molar-refractivity contribution in [3.05, 3.63) is 12.2 Å². The number of hydrogen-bond donors (Lipinski definition) is 9. The molecule has 2 fully saturated rings. The minimum absolute atomic E-state index is 0.159. The molecule has 2 saturated heterocycles. The van der Waals surface area contributed by atoms with Crippen molar-refractivity contribution in [3.8, 4) is 0 Å². The lowest BCUT2D eigenvalue weighted by molar-refractivity contribution is -0.359. The predicted octanol–water partition coefficient (Wildman–Crippen LogP) is -3.76. The van der Waals surface area contributed by atoms with Gasteiger partial charge >= 0.3 is 0 Å². The summed E-state index contributed by atoms with van der Waals surface area (Å²) < 4.78 is 21.9. The van der Waals surface area contributed by atoms with E-state index in [2.05, 4.69) is 5.32 Å². The Kier molecular flexibility index (Phi) is 13.3. The normalized spacial score (nSPS) is 38.4. The van der Waals surface area contributed by atoms with Gasteiger partial charge in [-0.2, -0.15) is 0 Å². The van der Waals surface area contributed by atoms with Gasteiger partial charge in [0.1, 0.15) is 48.8 Å². The lowest BCUT2D eigenvalue weighted by atomic mass is 9.97. The molecule has 0 aromatic rings. The Labute approximate surface area is 215 Å². The number of aliphatic hydroxyl groups excluding tert-OH is 8. The summed E-state index contributed by atoms with van der Waals surface area (Å²) in [6.45, 7) is 1.87. The topological polar surface area (TPSA) is 228 Å². The molecule has 0 bridgehead atoms. The van der Waals surface area contributed by atoms with Gasteiger partial charge in [0.15, 0.2) is 12.6 Å². The van der Waals surface area contributed by atoms with Crippen molar-refractivity contribution in [1.82, 2.24) is 5.32 Å². The highest BCUT2D eigenvalue weighted by atomic mass is 16.7. The van der Waals surface area contributed by atoms with Gasteiger partial charge in [-0.1, -0.05) is 32.4 Å². The highest BCUT2D eigenvalue weighted by Gasteiger charge is 2.50. The van der Waals surface area contributed by atoms with E-state index in [-0.39, 0.29) is 18.9 Å². The zero-order chi connectivity index (χ0) is 27.7. The second-order valence-electron chi connectivity index (χ2n) is 9.07. The first-order valence-corrected chi connectivity index (χ1v) is 12.4. The number of amides is 1. The summed E-state index contributed by atoms with van der Waals surface area (Å²) in [7, 11) is 0. The number of allylic oxidation sites excluding steroid dienone is 1. The van der Waals surface area contributed by atoms with Crippen LogP contribution in [0.5, 0.6) is 0 Å². The van der Waals surface area contributed by atoms with E-state index in [1.165, 1.54) is 6.08 Å². The molecule has 2 heterocycles. The minimum atomic E-state index is -1.78. The average Bonchev–Trinajstić information content (AvgIpc) is 2.89. The fraction of sp³-hybridized carbons (Fsp3) is 0.870. The molecule has 0 aromatic heterocycles. The molecule has 0 radical (unpaired) electrons. The molecule has 9 N–H and O–H groups in total. The standard InChI is InChI=1S/C23H41NO13/c1-3-5-6-7-12(27)11(24-15(28)4-2)10-34-22-20(33)18(31)21(14(9-26)36-22)37-23-19(32)17(30)16(29)13(8-25)35-23/h6-7,11-14,16-23,25-27,29-33H,3-5,8-10H2,1-2H3,(H,24,28)/b7-6+. The first-order valence-electron chi connectivity index (χ1n) is 12.4. The number of unbranched alkanes of at least 4 members (excludes halogenated alkanes) is 1. The maximum atomic E-state index is 11.9. The Bertz CT molecular complexity index is 708. The fourth-order valence-corrected chi connectivity index (χ4v) is 3.96. The summed E-state index contributed by atoms with van der Waals surface area (Å²) in [6.07, 6.45) is -11.9. The number of carbonyl (C=O) groups is 1. The Morgan fingerprint density at radius 2 is 1.54 bits per heavy atom. The molecule has 0 spiro atoms. The van der Waals surface area contributed by atoms with Crippen molar-refractivity contribution in [2.75, 3.05) is 19.8 Å². The van der Waals surface area contributed by atoms with Gasteiger partial charge in [-0.3, -0.25) is 4.79 Å². The van der Waals surface area contributed by atoms with E-state index < -0.39 is 86.8 Å². The maximum absolute atomic E-state index is 11.9. The van der Waals surface area contributed by atoms with Gasteiger partial charge in [-0.15, -0.1) is 0 Å². The van der Waals surface area contributed by atoms with E-state index in [0.717, 1.165) is 12.8 Å². The number of hydrogen-bond acceptors (Lipinski definition) is 13. The van der Waals surface area contributed by atoms with Crippen LogP contribution in [0.4, 0.5) is 0 Å². The summed E-state index contributed by atoms with van der Waals surface area (Å²) in [5.41, 5.74) is 0. The molecule has 14 heteroatoms. The molecule has 2 rings (SSSR count). The van der Waals surface area contributed by atoms with Crippen LogP contribution in [-0.4, -0.2) is 140 Å².